The van der Waals surface area contributed by atoms with Crippen molar-refractivity contribution in [1.29, 1.82) is 0 Å². The number of carbonyl (C=O) groups is 1. The monoisotopic (exact) mass is 491 g/mol. The average Bonchev–Trinajstić information content (AvgIpc) is 3.35. The molecule has 184 valence electrons. The van der Waals surface area contributed by atoms with Crippen LogP contribution in [0.1, 0.15) is 41.0 Å². The average molecular weight is 492 g/mol. The summed E-state index contributed by atoms with van der Waals surface area (Å²) in [7, 11) is 0. The van der Waals surface area contributed by atoms with Gasteiger partial charge in [-0.3, -0.25) is 4.79 Å². The van der Waals surface area contributed by atoms with Crippen molar-refractivity contribution >= 4 is 28.1 Å². The highest BCUT2D eigenvalue weighted by atomic mass is 32.1. The minimum atomic E-state index is 0.119. The molecule has 8 heteroatoms. The maximum absolute atomic E-state index is 13.6. The lowest BCUT2D eigenvalue weighted by atomic mass is 10.1. The maximum Gasteiger partial charge on any atom is 0.264 e. The van der Waals surface area contributed by atoms with Gasteiger partial charge in [0.25, 0.3) is 5.91 Å². The van der Waals surface area contributed by atoms with Gasteiger partial charge in [-0.2, -0.15) is 0 Å². The van der Waals surface area contributed by atoms with Gasteiger partial charge in [-0.1, -0.05) is 44.2 Å². The van der Waals surface area contributed by atoms with Crippen LogP contribution < -0.4 is 9.80 Å². The Bertz CT molecular complexity index is 1170. The number of rotatable bonds is 5. The first-order valence-electron chi connectivity index (χ1n) is 12.4. The fourth-order valence-corrected chi connectivity index (χ4v) is 5.80. The normalized spacial score (nSPS) is 16.7. The van der Waals surface area contributed by atoms with Crippen molar-refractivity contribution in [2.75, 3.05) is 62.3 Å². The lowest BCUT2D eigenvalue weighted by molar-refractivity contribution is 0.0751. The Balaban J connectivity index is 1.33. The van der Waals surface area contributed by atoms with E-state index in [4.69, 9.17) is 9.72 Å². The summed E-state index contributed by atoms with van der Waals surface area (Å²) >= 11 is 1.61. The number of aryl methyl sites for hydroxylation is 1. The standard InChI is InChI=1S/C27H33N5O2S/c1-19(2)25-28-20(3)17-24(29-25)30-9-11-31(12-10-30)26(33)23-18-22(21-7-5-4-6-8-21)27(35-23)32-13-15-34-16-14-32/h4-8,17-19H,9-16H2,1-3H3. The van der Waals surface area contributed by atoms with Crippen LogP contribution in [0.15, 0.2) is 42.5 Å². The second-order valence-electron chi connectivity index (χ2n) is 9.45. The van der Waals surface area contributed by atoms with Crippen molar-refractivity contribution in [1.82, 2.24) is 14.9 Å². The van der Waals surface area contributed by atoms with Gasteiger partial charge in [-0.05, 0) is 18.6 Å². The topological polar surface area (TPSA) is 61.8 Å². The van der Waals surface area contributed by atoms with Crippen LogP contribution in [0.2, 0.25) is 0 Å². The number of anilines is 2. The third-order valence-electron chi connectivity index (χ3n) is 6.57. The summed E-state index contributed by atoms with van der Waals surface area (Å²) in [6.45, 7) is 12.3. The molecule has 4 heterocycles. The predicted molar refractivity (Wildman–Crippen MR) is 142 cm³/mol. The van der Waals surface area contributed by atoms with E-state index in [2.05, 4.69) is 59.0 Å². The van der Waals surface area contributed by atoms with E-state index in [1.165, 1.54) is 5.00 Å². The van der Waals surface area contributed by atoms with E-state index in [0.29, 0.717) is 13.1 Å². The molecule has 0 spiro atoms. The molecular formula is C27H33N5O2S. The number of ether oxygens (including phenoxy) is 1. The number of morpholine rings is 1. The number of hydrogen-bond acceptors (Lipinski definition) is 7. The summed E-state index contributed by atoms with van der Waals surface area (Å²) in [5, 5.41) is 1.17. The van der Waals surface area contributed by atoms with E-state index < -0.39 is 0 Å². The first-order valence-corrected chi connectivity index (χ1v) is 13.2. The number of thiophene rings is 1. The van der Waals surface area contributed by atoms with Crippen molar-refractivity contribution in [3.8, 4) is 11.1 Å². The Labute approximate surface area is 211 Å². The molecule has 0 bridgehead atoms. The van der Waals surface area contributed by atoms with Gasteiger partial charge in [0.15, 0.2) is 0 Å². The molecule has 1 aromatic carbocycles. The molecule has 2 saturated heterocycles. The Morgan fingerprint density at radius 3 is 2.34 bits per heavy atom. The van der Waals surface area contributed by atoms with Gasteiger partial charge in [-0.25, -0.2) is 9.97 Å². The largest absolute Gasteiger partial charge is 0.378 e. The lowest BCUT2D eigenvalue weighted by Crippen LogP contribution is -2.49. The summed E-state index contributed by atoms with van der Waals surface area (Å²) < 4.78 is 5.56. The summed E-state index contributed by atoms with van der Waals surface area (Å²) in [6, 6.07) is 14.5. The minimum absolute atomic E-state index is 0.119. The summed E-state index contributed by atoms with van der Waals surface area (Å²) in [5.41, 5.74) is 3.27. The Kier molecular flexibility index (Phi) is 7.02. The highest BCUT2D eigenvalue weighted by Gasteiger charge is 2.27. The number of nitrogens with zero attached hydrogens (tertiary/aromatic N) is 5. The number of benzene rings is 1. The third-order valence-corrected chi connectivity index (χ3v) is 7.76. The van der Waals surface area contributed by atoms with E-state index >= 15 is 0 Å². The fourth-order valence-electron chi connectivity index (χ4n) is 4.60. The van der Waals surface area contributed by atoms with Crippen LogP contribution in [0, 0.1) is 6.92 Å². The Morgan fingerprint density at radius 2 is 1.66 bits per heavy atom. The summed E-state index contributed by atoms with van der Waals surface area (Å²) in [4.78, 5) is 30.3. The molecule has 5 rings (SSSR count). The van der Waals surface area contributed by atoms with Crippen molar-refractivity contribution in [2.45, 2.75) is 26.7 Å². The minimum Gasteiger partial charge on any atom is -0.378 e. The molecule has 35 heavy (non-hydrogen) atoms. The SMILES string of the molecule is Cc1cc(N2CCN(C(=O)c3cc(-c4ccccc4)c(N4CCOCC4)s3)CC2)nc(C(C)C)n1. The molecule has 1 amide bonds. The van der Waals surface area contributed by atoms with E-state index in [1.807, 2.05) is 24.0 Å². The van der Waals surface area contributed by atoms with Crippen LogP contribution in [0.3, 0.4) is 0 Å². The second kappa shape index (κ2) is 10.3. The van der Waals surface area contributed by atoms with Crippen LogP contribution in [0.25, 0.3) is 11.1 Å². The molecule has 2 aliphatic heterocycles. The quantitative estimate of drug-likeness (QED) is 0.526. The molecule has 0 N–H and O–H groups in total. The molecule has 2 aromatic heterocycles. The van der Waals surface area contributed by atoms with Crippen molar-refractivity contribution in [2.24, 2.45) is 0 Å². The zero-order valence-electron chi connectivity index (χ0n) is 20.7. The molecule has 3 aromatic rings. The smallest absolute Gasteiger partial charge is 0.264 e. The number of piperazine rings is 1. The van der Waals surface area contributed by atoms with Crippen molar-refractivity contribution in [3.05, 3.63) is 58.9 Å². The Hall–Kier alpha value is -2.97. The Morgan fingerprint density at radius 1 is 0.943 bits per heavy atom. The van der Waals surface area contributed by atoms with Crippen LogP contribution in [0.4, 0.5) is 10.8 Å². The highest BCUT2D eigenvalue weighted by molar-refractivity contribution is 7.18. The van der Waals surface area contributed by atoms with Crippen molar-refractivity contribution in [3.63, 3.8) is 0 Å². The first-order chi connectivity index (χ1) is 17.0. The van der Waals surface area contributed by atoms with E-state index in [1.54, 1.807) is 11.3 Å². The van der Waals surface area contributed by atoms with Gasteiger partial charge in [0, 0.05) is 62.5 Å². The zero-order chi connectivity index (χ0) is 24.4. The molecule has 0 aliphatic carbocycles. The maximum atomic E-state index is 13.6. The van der Waals surface area contributed by atoms with Gasteiger partial charge < -0.3 is 19.4 Å². The molecule has 0 radical (unpaired) electrons. The third kappa shape index (κ3) is 5.18. The van der Waals surface area contributed by atoms with E-state index in [9.17, 15) is 4.79 Å². The number of hydrogen-bond donors (Lipinski definition) is 0. The summed E-state index contributed by atoms with van der Waals surface area (Å²) in [6.07, 6.45) is 0. The van der Waals surface area contributed by atoms with Crippen LogP contribution in [-0.2, 0) is 4.74 Å². The van der Waals surface area contributed by atoms with Gasteiger partial charge in [0.1, 0.15) is 11.6 Å². The number of amides is 1. The molecular weight excluding hydrogens is 458 g/mol. The zero-order valence-corrected chi connectivity index (χ0v) is 21.6. The van der Waals surface area contributed by atoms with Crippen LogP contribution >= 0.6 is 11.3 Å². The molecule has 2 fully saturated rings. The fraction of sp³-hybridized carbons (Fsp3) is 0.444. The molecule has 0 atom stereocenters. The van der Waals surface area contributed by atoms with E-state index in [0.717, 1.165) is 72.7 Å². The lowest BCUT2D eigenvalue weighted by Gasteiger charge is -2.35. The van der Waals surface area contributed by atoms with Gasteiger partial charge in [-0.15, -0.1) is 11.3 Å². The molecule has 7 nitrogen and oxygen atoms in total. The number of aromatic nitrogens is 2. The first kappa shape index (κ1) is 23.8. The molecule has 0 saturated carbocycles. The van der Waals surface area contributed by atoms with Crippen molar-refractivity contribution < 1.29 is 9.53 Å². The number of carbonyl (C=O) groups excluding carboxylic acids is 1. The summed E-state index contributed by atoms with van der Waals surface area (Å²) in [5.74, 6) is 2.24. The molecule has 2 aliphatic rings. The van der Waals surface area contributed by atoms with Gasteiger partial charge in [0.2, 0.25) is 0 Å². The highest BCUT2D eigenvalue weighted by Crippen LogP contribution is 2.40. The van der Waals surface area contributed by atoms with Gasteiger partial charge in [0.05, 0.1) is 23.1 Å². The van der Waals surface area contributed by atoms with E-state index in [-0.39, 0.29) is 11.8 Å². The van der Waals surface area contributed by atoms with Gasteiger partial charge >= 0.3 is 0 Å². The second-order valence-corrected chi connectivity index (χ2v) is 10.5. The molecule has 0 unspecified atom stereocenters. The van der Waals surface area contributed by atoms with Crippen LogP contribution in [-0.4, -0.2) is 73.3 Å². The predicted octanol–water partition coefficient (Wildman–Crippen LogP) is 4.44. The van der Waals surface area contributed by atoms with Crippen LogP contribution in [0.5, 0.6) is 0 Å².